The normalized spacial score (nSPS) is 16.4. The number of amides is 1. The number of aliphatic imine (C=N–C) groups is 1. The number of hydrogen-bond acceptors (Lipinski definition) is 2. The summed E-state index contributed by atoms with van der Waals surface area (Å²) in [5.74, 6) is 0.806. The molecule has 0 saturated carbocycles. The Kier molecular flexibility index (Phi) is 3.30. The Balaban J connectivity index is 1.95. The van der Waals surface area contributed by atoms with Crippen molar-refractivity contribution in [3.05, 3.63) is 64.3 Å². The van der Waals surface area contributed by atoms with Crippen molar-refractivity contribution < 1.29 is 4.79 Å². The Hall–Kier alpha value is -2.17. The number of carbonyl (C=O) groups excluding carboxylic acids is 1. The van der Waals surface area contributed by atoms with Crippen LogP contribution in [0.5, 0.6) is 0 Å². The fourth-order valence-electron chi connectivity index (χ4n) is 3.32. The van der Waals surface area contributed by atoms with Crippen LogP contribution >= 0.6 is 11.6 Å². The molecule has 2 aliphatic heterocycles. The van der Waals surface area contributed by atoms with Gasteiger partial charge in [-0.3, -0.25) is 9.69 Å². The van der Waals surface area contributed by atoms with Crippen molar-refractivity contribution in [1.29, 1.82) is 0 Å². The van der Waals surface area contributed by atoms with Gasteiger partial charge in [0.15, 0.2) is 0 Å². The lowest BCUT2D eigenvalue weighted by Crippen LogP contribution is -2.36. The van der Waals surface area contributed by atoms with E-state index in [1.165, 1.54) is 0 Å². The number of nitrogens with zero attached hydrogens (tertiary/aromatic N) is 2. The predicted molar refractivity (Wildman–Crippen MR) is 103 cm³/mol. The molecule has 0 aliphatic carbocycles. The maximum absolute atomic E-state index is 13.2. The Morgan fingerprint density at radius 3 is 2.33 bits per heavy atom. The smallest absolute Gasteiger partial charge is 0.256 e. The Bertz CT molecular complexity index is 923. The van der Waals surface area contributed by atoms with Gasteiger partial charge in [0.1, 0.15) is 5.84 Å². The molecule has 1 amide bonds. The van der Waals surface area contributed by atoms with Gasteiger partial charge in [-0.2, -0.15) is 0 Å². The van der Waals surface area contributed by atoms with Crippen LogP contribution in [0.25, 0.3) is 5.57 Å². The SMILES string of the molecule is C[Si](C)(C)C1=C2C(=Nc3ccccc32)N(c2ccc(Cl)cc2)C1=O. The fraction of sp³-hybridized carbons (Fsp3) is 0.158. The van der Waals surface area contributed by atoms with Crippen molar-refractivity contribution >= 4 is 48.4 Å². The Labute approximate surface area is 147 Å². The van der Waals surface area contributed by atoms with E-state index in [2.05, 4.69) is 25.7 Å². The Morgan fingerprint density at radius 2 is 1.67 bits per heavy atom. The lowest BCUT2D eigenvalue weighted by atomic mass is 10.1. The van der Waals surface area contributed by atoms with Crippen molar-refractivity contribution in [3.8, 4) is 0 Å². The van der Waals surface area contributed by atoms with Crippen molar-refractivity contribution in [3.63, 3.8) is 0 Å². The third-order valence-electron chi connectivity index (χ3n) is 4.34. The molecule has 120 valence electrons. The molecule has 2 aromatic carbocycles. The summed E-state index contributed by atoms with van der Waals surface area (Å²) in [7, 11) is -1.85. The number of halogens is 1. The lowest BCUT2D eigenvalue weighted by Gasteiger charge is -2.21. The van der Waals surface area contributed by atoms with Gasteiger partial charge in [0, 0.05) is 21.4 Å². The average Bonchev–Trinajstić information content (AvgIpc) is 3.01. The van der Waals surface area contributed by atoms with E-state index < -0.39 is 8.07 Å². The van der Waals surface area contributed by atoms with E-state index in [1.54, 1.807) is 17.0 Å². The highest BCUT2D eigenvalue weighted by Gasteiger charge is 2.45. The summed E-state index contributed by atoms with van der Waals surface area (Å²) in [6.07, 6.45) is 0. The molecule has 0 aromatic heterocycles. The topological polar surface area (TPSA) is 32.7 Å². The second-order valence-electron chi connectivity index (χ2n) is 7.07. The van der Waals surface area contributed by atoms with E-state index in [9.17, 15) is 4.79 Å². The first-order chi connectivity index (χ1) is 11.4. The minimum absolute atomic E-state index is 0.0553. The van der Waals surface area contributed by atoms with Gasteiger partial charge in [-0.15, -0.1) is 0 Å². The van der Waals surface area contributed by atoms with Crippen molar-refractivity contribution in [1.82, 2.24) is 0 Å². The maximum Gasteiger partial charge on any atom is 0.256 e. The summed E-state index contributed by atoms with van der Waals surface area (Å²) in [6.45, 7) is 6.62. The molecule has 4 rings (SSSR count). The monoisotopic (exact) mass is 352 g/mol. The summed E-state index contributed by atoms with van der Waals surface area (Å²) < 4.78 is 0. The second-order valence-corrected chi connectivity index (χ2v) is 12.5. The van der Waals surface area contributed by atoms with Crippen LogP contribution in [0.3, 0.4) is 0 Å². The molecule has 0 fully saturated rings. The van der Waals surface area contributed by atoms with Gasteiger partial charge < -0.3 is 0 Å². The number of amidine groups is 1. The molecule has 2 heterocycles. The molecule has 0 atom stereocenters. The molecule has 0 saturated heterocycles. The van der Waals surface area contributed by atoms with Crippen LogP contribution in [0, 0.1) is 0 Å². The number of para-hydroxylation sites is 1. The van der Waals surface area contributed by atoms with Crippen LogP contribution in [-0.4, -0.2) is 19.8 Å². The molecule has 0 unspecified atom stereocenters. The fourth-order valence-corrected chi connectivity index (χ4v) is 5.20. The van der Waals surface area contributed by atoms with E-state index in [4.69, 9.17) is 16.6 Å². The summed E-state index contributed by atoms with van der Waals surface area (Å²) in [5, 5.41) is 1.60. The van der Waals surface area contributed by atoms with Gasteiger partial charge in [-0.05, 0) is 30.3 Å². The van der Waals surface area contributed by atoms with Gasteiger partial charge in [0.05, 0.1) is 19.4 Å². The van der Waals surface area contributed by atoms with Gasteiger partial charge in [-0.25, -0.2) is 4.99 Å². The van der Waals surface area contributed by atoms with E-state index in [0.29, 0.717) is 5.02 Å². The van der Waals surface area contributed by atoms with Crippen LogP contribution in [0.15, 0.2) is 58.7 Å². The van der Waals surface area contributed by atoms with Gasteiger partial charge in [0.25, 0.3) is 5.91 Å². The van der Waals surface area contributed by atoms with Crippen LogP contribution in [-0.2, 0) is 4.79 Å². The van der Waals surface area contributed by atoms with Gasteiger partial charge in [0.2, 0.25) is 0 Å². The molecular weight excluding hydrogens is 336 g/mol. The molecule has 2 aliphatic rings. The van der Waals surface area contributed by atoms with E-state index in [1.807, 2.05) is 30.3 Å². The first-order valence-electron chi connectivity index (χ1n) is 7.91. The van der Waals surface area contributed by atoms with Crippen LogP contribution < -0.4 is 4.90 Å². The van der Waals surface area contributed by atoms with Crippen LogP contribution in [0.1, 0.15) is 5.56 Å². The zero-order valence-corrected chi connectivity index (χ0v) is 15.6. The lowest BCUT2D eigenvalue weighted by molar-refractivity contribution is -0.113. The number of carbonyl (C=O) groups is 1. The number of hydrogen-bond donors (Lipinski definition) is 0. The van der Waals surface area contributed by atoms with E-state index in [0.717, 1.165) is 33.5 Å². The van der Waals surface area contributed by atoms with E-state index in [-0.39, 0.29) is 5.91 Å². The highest BCUT2D eigenvalue weighted by atomic mass is 35.5. The number of anilines is 1. The molecule has 5 heteroatoms. The average molecular weight is 353 g/mol. The van der Waals surface area contributed by atoms with Crippen molar-refractivity contribution in [2.75, 3.05) is 4.90 Å². The maximum atomic E-state index is 13.2. The van der Waals surface area contributed by atoms with Crippen molar-refractivity contribution in [2.45, 2.75) is 19.6 Å². The molecule has 0 N–H and O–H groups in total. The standard InChI is InChI=1S/C19H17ClN2OSi/c1-24(2,3)17-16-14-6-4-5-7-15(14)21-18(16)22(19(17)23)13-10-8-12(20)9-11-13/h4-11H,1-3H3. The van der Waals surface area contributed by atoms with Crippen molar-refractivity contribution in [2.24, 2.45) is 4.99 Å². The quantitative estimate of drug-likeness (QED) is 0.695. The van der Waals surface area contributed by atoms with E-state index >= 15 is 0 Å². The molecule has 0 radical (unpaired) electrons. The zero-order valence-electron chi connectivity index (χ0n) is 13.8. The minimum atomic E-state index is -1.85. The highest BCUT2D eigenvalue weighted by molar-refractivity contribution is 6.91. The van der Waals surface area contributed by atoms with Gasteiger partial charge >= 0.3 is 0 Å². The third-order valence-corrected chi connectivity index (χ3v) is 6.55. The van der Waals surface area contributed by atoms with Crippen LogP contribution in [0.4, 0.5) is 11.4 Å². The predicted octanol–water partition coefficient (Wildman–Crippen LogP) is 5.06. The first-order valence-corrected chi connectivity index (χ1v) is 11.8. The number of rotatable bonds is 2. The molecule has 0 spiro atoms. The molecule has 2 aromatic rings. The zero-order chi connectivity index (χ0) is 17.1. The summed E-state index contributed by atoms with van der Waals surface area (Å²) in [6, 6.07) is 15.4. The number of benzene rings is 2. The Morgan fingerprint density at radius 1 is 1.00 bits per heavy atom. The highest BCUT2D eigenvalue weighted by Crippen LogP contribution is 2.45. The molecule has 3 nitrogen and oxygen atoms in total. The molecule has 24 heavy (non-hydrogen) atoms. The largest absolute Gasteiger partial charge is 0.269 e. The summed E-state index contributed by atoms with van der Waals surface area (Å²) >= 11 is 6.00. The first kappa shape index (κ1) is 15.4. The minimum Gasteiger partial charge on any atom is -0.269 e. The van der Waals surface area contributed by atoms with Crippen LogP contribution in [0.2, 0.25) is 24.7 Å². The number of fused-ring (bicyclic) bond motifs is 3. The third kappa shape index (κ3) is 2.18. The molecular formula is C19H17ClN2OSi. The summed E-state index contributed by atoms with van der Waals surface area (Å²) in [5.41, 5.74) is 3.82. The second kappa shape index (κ2) is 5.16. The summed E-state index contributed by atoms with van der Waals surface area (Å²) in [4.78, 5) is 19.7. The molecule has 0 bridgehead atoms. The van der Waals surface area contributed by atoms with Gasteiger partial charge in [-0.1, -0.05) is 49.4 Å².